The molecule has 2 saturated heterocycles. The van der Waals surface area contributed by atoms with Crippen molar-refractivity contribution in [1.82, 2.24) is 10.2 Å². The van der Waals surface area contributed by atoms with E-state index in [0.29, 0.717) is 11.1 Å². The summed E-state index contributed by atoms with van der Waals surface area (Å²) in [4.78, 5) is 50.6. The van der Waals surface area contributed by atoms with Crippen LogP contribution >= 0.6 is 0 Å². The van der Waals surface area contributed by atoms with Crippen LogP contribution in [0.2, 0.25) is 0 Å². The van der Waals surface area contributed by atoms with E-state index in [9.17, 15) is 19.2 Å². The predicted octanol–water partition coefficient (Wildman–Crippen LogP) is 1.76. The van der Waals surface area contributed by atoms with E-state index >= 15 is 0 Å². The average Bonchev–Trinajstić information content (AvgIpc) is 3.22. The Morgan fingerprint density at radius 3 is 2.18 bits per heavy atom. The van der Waals surface area contributed by atoms with E-state index in [1.807, 2.05) is 13.8 Å². The van der Waals surface area contributed by atoms with Gasteiger partial charge in [0.15, 0.2) is 0 Å². The lowest BCUT2D eigenvalue weighted by atomic mass is 10.1. The number of piperazine rings is 1. The molecule has 9 nitrogen and oxygen atoms in total. The van der Waals surface area contributed by atoms with Gasteiger partial charge in [-0.1, -0.05) is 35.4 Å². The van der Waals surface area contributed by atoms with E-state index in [1.54, 1.807) is 48.5 Å². The van der Waals surface area contributed by atoms with Gasteiger partial charge in [0.25, 0.3) is 0 Å². The Morgan fingerprint density at radius 1 is 0.971 bits per heavy atom. The first-order chi connectivity index (χ1) is 16.3. The Bertz CT molecular complexity index is 1080. The van der Waals surface area contributed by atoms with E-state index in [1.165, 1.54) is 4.90 Å². The lowest BCUT2D eigenvalue weighted by Crippen LogP contribution is -2.55. The molecule has 2 aliphatic rings. The fourth-order valence-corrected chi connectivity index (χ4v) is 3.83. The number of hydrogen-bond acceptors (Lipinski definition) is 7. The Kier molecular flexibility index (Phi) is 6.93. The van der Waals surface area contributed by atoms with Crippen molar-refractivity contribution >= 4 is 23.8 Å². The monoisotopic (exact) mass is 466 g/mol. The zero-order valence-corrected chi connectivity index (χ0v) is 19.0. The molecular formula is C25H26N2O7. The molecule has 2 fully saturated rings. The molecule has 2 aromatic carbocycles. The zero-order valence-electron chi connectivity index (χ0n) is 19.0. The number of rotatable bonds is 6. The van der Waals surface area contributed by atoms with Crippen LogP contribution in [0.25, 0.3) is 0 Å². The third-order valence-electron chi connectivity index (χ3n) is 5.81. The highest BCUT2D eigenvalue weighted by molar-refractivity contribution is 5.92. The van der Waals surface area contributed by atoms with Crippen LogP contribution in [0.1, 0.15) is 38.3 Å². The largest absolute Gasteiger partial charge is 0.459 e. The van der Waals surface area contributed by atoms with Crippen molar-refractivity contribution in [3.8, 4) is 0 Å². The first-order valence-corrected chi connectivity index (χ1v) is 11.0. The molecule has 0 unspecified atom stereocenters. The Labute approximate surface area is 197 Å². The maximum Gasteiger partial charge on any atom is 0.338 e. The normalized spacial score (nSPS) is 22.3. The fraction of sp³-hybridized carbons (Fsp3) is 0.360. The van der Waals surface area contributed by atoms with Gasteiger partial charge in [-0.25, -0.2) is 9.59 Å². The number of nitrogens with zero attached hydrogens (tertiary/aromatic N) is 1. The maximum absolute atomic E-state index is 12.7. The second-order valence-electron chi connectivity index (χ2n) is 8.44. The average molecular weight is 466 g/mol. The molecule has 2 aliphatic heterocycles. The molecule has 0 radical (unpaired) electrons. The van der Waals surface area contributed by atoms with Crippen LogP contribution in [0.3, 0.4) is 0 Å². The van der Waals surface area contributed by atoms with Crippen LogP contribution < -0.4 is 5.32 Å². The molecule has 4 rings (SSSR count). The van der Waals surface area contributed by atoms with E-state index < -0.39 is 30.4 Å². The molecule has 0 spiro atoms. The summed E-state index contributed by atoms with van der Waals surface area (Å²) in [5, 5.41) is 2.49. The summed E-state index contributed by atoms with van der Waals surface area (Å²) in [6.07, 6.45) is -2.20. The minimum Gasteiger partial charge on any atom is -0.459 e. The van der Waals surface area contributed by atoms with Gasteiger partial charge in [-0.05, 0) is 38.1 Å². The summed E-state index contributed by atoms with van der Waals surface area (Å²) in [5.74, 6) is -1.69. The van der Waals surface area contributed by atoms with Gasteiger partial charge in [0.1, 0.15) is 31.6 Å². The number of benzene rings is 2. The highest BCUT2D eigenvalue weighted by Gasteiger charge is 2.44. The van der Waals surface area contributed by atoms with Gasteiger partial charge in [-0.2, -0.15) is 0 Å². The number of carbonyl (C=O) groups is 4. The number of hydrogen-bond donors (Lipinski definition) is 1. The van der Waals surface area contributed by atoms with Crippen molar-refractivity contribution in [2.45, 2.75) is 38.7 Å². The van der Waals surface area contributed by atoms with Crippen LogP contribution in [0.15, 0.2) is 48.5 Å². The Balaban J connectivity index is 1.46. The summed E-state index contributed by atoms with van der Waals surface area (Å²) < 4.78 is 17.1. The summed E-state index contributed by atoms with van der Waals surface area (Å²) >= 11 is 0. The second kappa shape index (κ2) is 10.0. The van der Waals surface area contributed by atoms with E-state index in [-0.39, 0.29) is 37.9 Å². The minimum atomic E-state index is -0.799. The number of esters is 2. The van der Waals surface area contributed by atoms with E-state index in [4.69, 9.17) is 14.2 Å². The Morgan fingerprint density at radius 2 is 1.56 bits per heavy atom. The lowest BCUT2D eigenvalue weighted by molar-refractivity contribution is -0.155. The third kappa shape index (κ3) is 5.43. The van der Waals surface area contributed by atoms with Crippen molar-refractivity contribution in [3.63, 3.8) is 0 Å². The minimum absolute atomic E-state index is 0.125. The number of ether oxygens (including phenoxy) is 3. The molecule has 2 heterocycles. The highest BCUT2D eigenvalue weighted by Crippen LogP contribution is 2.28. The summed E-state index contributed by atoms with van der Waals surface area (Å²) in [6.45, 7) is 3.37. The second-order valence-corrected chi connectivity index (χ2v) is 8.44. The topological polar surface area (TPSA) is 111 Å². The van der Waals surface area contributed by atoms with E-state index in [0.717, 1.165) is 11.1 Å². The lowest BCUT2D eigenvalue weighted by Gasteiger charge is -2.31. The number of carbonyl (C=O) groups excluding carboxylic acids is 4. The SMILES string of the molecule is Cc1ccc(C(=O)OC[C@H]2O[C@H](N3CC(=O)NCC3=O)C[C@@H]2OC(=O)c2ccc(C)cc2)cc1. The molecule has 0 aromatic heterocycles. The quantitative estimate of drug-likeness (QED) is 0.646. The number of nitrogens with one attached hydrogen (secondary N) is 1. The molecule has 1 N–H and O–H groups in total. The van der Waals surface area contributed by atoms with Crippen molar-refractivity contribution in [3.05, 3.63) is 70.8 Å². The summed E-state index contributed by atoms with van der Waals surface area (Å²) in [7, 11) is 0. The predicted molar refractivity (Wildman–Crippen MR) is 120 cm³/mol. The molecular weight excluding hydrogens is 440 g/mol. The summed E-state index contributed by atoms with van der Waals surface area (Å²) in [6, 6.07) is 13.9. The fourth-order valence-electron chi connectivity index (χ4n) is 3.83. The smallest absolute Gasteiger partial charge is 0.338 e. The van der Waals surface area contributed by atoms with Crippen LogP contribution in [-0.4, -0.2) is 66.8 Å². The zero-order chi connectivity index (χ0) is 24.2. The van der Waals surface area contributed by atoms with Gasteiger partial charge in [0.05, 0.1) is 17.7 Å². The number of amides is 2. The molecule has 9 heteroatoms. The summed E-state index contributed by atoms with van der Waals surface area (Å²) in [5.41, 5.74) is 2.77. The van der Waals surface area contributed by atoms with E-state index in [2.05, 4.69) is 5.32 Å². The van der Waals surface area contributed by atoms with Gasteiger partial charge in [-0.3, -0.25) is 9.59 Å². The number of aryl methyl sites for hydroxylation is 2. The molecule has 34 heavy (non-hydrogen) atoms. The first-order valence-electron chi connectivity index (χ1n) is 11.0. The molecule has 0 saturated carbocycles. The van der Waals surface area contributed by atoms with Crippen molar-refractivity contribution in [2.75, 3.05) is 19.7 Å². The molecule has 2 amide bonds. The van der Waals surface area contributed by atoms with Crippen molar-refractivity contribution < 1.29 is 33.4 Å². The van der Waals surface area contributed by atoms with Crippen LogP contribution in [0.4, 0.5) is 0 Å². The van der Waals surface area contributed by atoms with Crippen LogP contribution in [0, 0.1) is 13.8 Å². The van der Waals surface area contributed by atoms with Crippen LogP contribution in [-0.2, 0) is 23.8 Å². The van der Waals surface area contributed by atoms with Gasteiger partial charge in [0.2, 0.25) is 11.8 Å². The van der Waals surface area contributed by atoms with Crippen molar-refractivity contribution in [2.24, 2.45) is 0 Å². The molecule has 3 atom stereocenters. The standard InChI is InChI=1S/C25H26N2O7/c1-15-3-7-17(8-4-15)24(30)32-14-20-19(34-25(31)18-9-5-16(2)6-10-18)11-23(33-20)27-13-21(28)26-12-22(27)29/h3-10,19-20,23H,11-14H2,1-2H3,(H,26,28)/t19-,20+,23-/m0/s1. The van der Waals surface area contributed by atoms with Crippen LogP contribution in [0.5, 0.6) is 0 Å². The van der Waals surface area contributed by atoms with Crippen molar-refractivity contribution in [1.29, 1.82) is 0 Å². The van der Waals surface area contributed by atoms with Gasteiger partial charge in [0, 0.05) is 6.42 Å². The Hall–Kier alpha value is -3.72. The maximum atomic E-state index is 12.7. The molecule has 178 valence electrons. The molecule has 0 aliphatic carbocycles. The highest BCUT2D eigenvalue weighted by atomic mass is 16.6. The van der Waals surface area contributed by atoms with Gasteiger partial charge < -0.3 is 24.4 Å². The van der Waals surface area contributed by atoms with Gasteiger partial charge >= 0.3 is 11.9 Å². The molecule has 0 bridgehead atoms. The first kappa shape index (κ1) is 23.4. The third-order valence-corrected chi connectivity index (χ3v) is 5.81. The molecule has 2 aromatic rings. The van der Waals surface area contributed by atoms with Gasteiger partial charge in [-0.15, -0.1) is 0 Å².